The van der Waals surface area contributed by atoms with Gasteiger partial charge in [0.15, 0.2) is 5.96 Å². The van der Waals surface area contributed by atoms with Crippen LogP contribution in [0.3, 0.4) is 0 Å². The third-order valence-corrected chi connectivity index (χ3v) is 14.0. The number of hydrogen-bond acceptors (Lipinski definition) is 20. The molecule has 1 saturated heterocycles. The number of nitrogens with two attached hydrogens (primary N) is 8. The number of unbranched alkanes of at least 4 members (excludes halogenated alkanes) is 4. The molecule has 0 aromatic carbocycles. The number of rotatable bonds is 44. The van der Waals surface area contributed by atoms with Gasteiger partial charge in [0.1, 0.15) is 48.0 Å². The summed E-state index contributed by atoms with van der Waals surface area (Å²) >= 11 is 0. The summed E-state index contributed by atoms with van der Waals surface area (Å²) < 4.78 is 0. The first-order valence-electron chi connectivity index (χ1n) is 30.0. The fourth-order valence-corrected chi connectivity index (χ4v) is 9.10. The van der Waals surface area contributed by atoms with E-state index in [2.05, 4.69) is 58.2 Å². The number of aliphatic hydroxyl groups excluding tert-OH is 1. The average molecular weight is 1230 g/mol. The molecule has 0 aliphatic carbocycles. The Morgan fingerprint density at radius 3 is 1.90 bits per heavy atom. The maximum atomic E-state index is 14.6. The number of amides is 10. The van der Waals surface area contributed by atoms with Crippen LogP contribution in [-0.2, 0) is 54.4 Å². The Balaban J connectivity index is 2.36. The van der Waals surface area contributed by atoms with E-state index in [1.807, 2.05) is 0 Å². The molecule has 490 valence electrons. The van der Waals surface area contributed by atoms with E-state index < -0.39 is 127 Å². The molecule has 32 heteroatoms. The highest BCUT2D eigenvalue weighted by Crippen LogP contribution is 2.21. The molecule has 2 rings (SSSR count). The second kappa shape index (κ2) is 43.2. The summed E-state index contributed by atoms with van der Waals surface area (Å²) in [5, 5.41) is 44.1. The molecule has 0 spiro atoms. The summed E-state index contributed by atoms with van der Waals surface area (Å²) in [6, 6.07) is -6.65. The van der Waals surface area contributed by atoms with Crippen molar-refractivity contribution in [1.29, 1.82) is 5.41 Å². The molecule has 87 heavy (non-hydrogen) atoms. The molecule has 10 amide bonds. The lowest BCUT2D eigenvalue weighted by molar-refractivity contribution is -0.142. The summed E-state index contributed by atoms with van der Waals surface area (Å²) in [7, 11) is 0. The van der Waals surface area contributed by atoms with Gasteiger partial charge in [0.05, 0.1) is 18.7 Å². The Morgan fingerprint density at radius 1 is 0.667 bits per heavy atom. The second-order valence-electron chi connectivity index (χ2n) is 21.2. The topological polar surface area (TPSA) is 559 Å². The Kier molecular flexibility index (Phi) is 37.6. The zero-order valence-corrected chi connectivity index (χ0v) is 50.2. The van der Waals surface area contributed by atoms with E-state index in [4.69, 9.17) is 51.3 Å². The van der Waals surface area contributed by atoms with Crippen LogP contribution in [0, 0.1) is 5.41 Å². The number of carbonyl (C=O) groups excluding carboxylic acids is 10. The van der Waals surface area contributed by atoms with Crippen LogP contribution in [0.1, 0.15) is 115 Å². The first-order valence-corrected chi connectivity index (χ1v) is 30.0. The van der Waals surface area contributed by atoms with Crippen molar-refractivity contribution in [3.8, 4) is 0 Å². The number of guanidine groups is 1. The van der Waals surface area contributed by atoms with Gasteiger partial charge in [0.2, 0.25) is 53.2 Å². The van der Waals surface area contributed by atoms with Gasteiger partial charge in [0.25, 0.3) is 5.91 Å². The zero-order chi connectivity index (χ0) is 64.7. The van der Waals surface area contributed by atoms with Crippen LogP contribution < -0.4 is 99.0 Å². The van der Waals surface area contributed by atoms with Crippen molar-refractivity contribution in [1.82, 2.24) is 63.1 Å². The highest BCUT2D eigenvalue weighted by atomic mass is 16.3. The molecule has 1 aromatic rings. The lowest BCUT2D eigenvalue weighted by Crippen LogP contribution is -2.60. The molecule has 1 aliphatic rings. The van der Waals surface area contributed by atoms with E-state index >= 15 is 0 Å². The van der Waals surface area contributed by atoms with E-state index in [1.54, 1.807) is 12.1 Å². The maximum absolute atomic E-state index is 14.6. The Hall–Kier alpha value is -7.46. The normalized spacial score (nSPS) is 15.8. The lowest BCUT2D eigenvalue weighted by atomic mass is 10.0. The summed E-state index contributed by atoms with van der Waals surface area (Å²) in [4.78, 5) is 143. The van der Waals surface area contributed by atoms with Gasteiger partial charge in [0, 0.05) is 45.0 Å². The molecular formula is C55H99N21O11. The van der Waals surface area contributed by atoms with Gasteiger partial charge < -0.3 is 109 Å². The molecule has 3 unspecified atom stereocenters. The zero-order valence-electron chi connectivity index (χ0n) is 50.2. The van der Waals surface area contributed by atoms with Crippen molar-refractivity contribution in [2.75, 3.05) is 65.4 Å². The van der Waals surface area contributed by atoms with Gasteiger partial charge in [-0.3, -0.25) is 58.3 Å². The number of carbonyl (C=O) groups is 10. The predicted molar refractivity (Wildman–Crippen MR) is 325 cm³/mol. The van der Waals surface area contributed by atoms with Crippen molar-refractivity contribution in [3.63, 3.8) is 0 Å². The lowest BCUT2D eigenvalue weighted by Gasteiger charge is -2.30. The molecule has 32 nitrogen and oxygen atoms in total. The number of hydrogen-bond donors (Lipinski definition) is 20. The van der Waals surface area contributed by atoms with Crippen molar-refractivity contribution >= 4 is 65.0 Å². The monoisotopic (exact) mass is 1230 g/mol. The maximum Gasteiger partial charge on any atom is 0.268 e. The second-order valence-corrected chi connectivity index (χ2v) is 21.2. The minimum atomic E-state index is -1.57. The van der Waals surface area contributed by atoms with Crippen LogP contribution in [-0.4, -0.2) is 200 Å². The van der Waals surface area contributed by atoms with Gasteiger partial charge in [-0.05, 0) is 148 Å². The number of likely N-dealkylation sites (tertiary alicyclic amines) is 1. The molecule has 1 aliphatic heterocycles. The molecule has 9 atom stereocenters. The number of aromatic nitrogens is 1. The molecule has 0 radical (unpaired) electrons. The van der Waals surface area contributed by atoms with E-state index in [-0.39, 0.29) is 89.2 Å². The summed E-state index contributed by atoms with van der Waals surface area (Å²) in [6.07, 6.45) is 8.47. The van der Waals surface area contributed by atoms with E-state index in [0.29, 0.717) is 89.5 Å². The third kappa shape index (κ3) is 29.2. The summed E-state index contributed by atoms with van der Waals surface area (Å²) in [5.41, 5.74) is 45.8. The highest BCUT2D eigenvalue weighted by Gasteiger charge is 2.40. The van der Waals surface area contributed by atoms with Crippen LogP contribution >= 0.6 is 0 Å². The predicted octanol–water partition coefficient (Wildman–Crippen LogP) is -6.84. The van der Waals surface area contributed by atoms with Crippen molar-refractivity contribution < 1.29 is 53.1 Å². The van der Waals surface area contributed by atoms with Gasteiger partial charge in [-0.2, -0.15) is 0 Å². The Labute approximate surface area is 508 Å². The van der Waals surface area contributed by atoms with Crippen LogP contribution in [0.15, 0.2) is 36.3 Å². The van der Waals surface area contributed by atoms with Gasteiger partial charge in [-0.15, -0.1) is 0 Å². The van der Waals surface area contributed by atoms with Crippen molar-refractivity contribution in [2.45, 2.75) is 171 Å². The molecule has 2 heterocycles. The van der Waals surface area contributed by atoms with E-state index in [0.717, 1.165) is 0 Å². The van der Waals surface area contributed by atoms with Crippen LogP contribution in [0.4, 0.5) is 0 Å². The van der Waals surface area contributed by atoms with Crippen LogP contribution in [0.5, 0.6) is 0 Å². The van der Waals surface area contributed by atoms with Gasteiger partial charge >= 0.3 is 0 Å². The number of pyridine rings is 1. The highest BCUT2D eigenvalue weighted by molar-refractivity contribution is 6.02. The number of nitrogens with zero attached hydrogens (tertiary/aromatic N) is 2. The van der Waals surface area contributed by atoms with Crippen molar-refractivity contribution in [3.05, 3.63) is 41.9 Å². The molecule has 1 aromatic heterocycles. The first kappa shape index (κ1) is 75.6. The standard InChI is InChI=1S/C55H99N21O11/c1-34(69-53(86)45(43(77)31-61)75-47(80)36(62)15-2-5-21-56)46(79)68-33-44(78)70-40(18-10-25-60)54(87)76-29-13-20-42(76)52(85)74-41(30-35-14-11-26-65-32-35)51(84)73-38(17-4-7-23-58)49(82)72-39(19-12-28-67-55(63)64)50(83)71-37(16-3-6-22-57)48(81)66-27-9-8-24-59/h11,14,19,26,32,34,36-38,40-43,45,77H,2-10,12-13,15-18,20-25,27-31,33,56-62H2,1H3,(H,66,81)(H,68,79)(H,69,86)(H,70,78)(H,71,83)(H,72,82)(H,73,84)(H,74,85)(H,75,80)(H4,63,64,67)/b39-19-/t34?,36?,37-,38-,40+,41?,42-,43-,45-/m0/s1. The Morgan fingerprint density at radius 2 is 1.29 bits per heavy atom. The molecule has 1 fully saturated rings. The smallest absolute Gasteiger partial charge is 0.268 e. The number of nitrogens with one attached hydrogen (secondary N) is 11. The molecule has 28 N–H and O–H groups in total. The van der Waals surface area contributed by atoms with Gasteiger partial charge in [-0.25, -0.2) is 0 Å². The van der Waals surface area contributed by atoms with E-state index in [9.17, 15) is 53.1 Å². The molecular weight excluding hydrogens is 1130 g/mol. The summed E-state index contributed by atoms with van der Waals surface area (Å²) in [5.74, 6) is -7.92. The van der Waals surface area contributed by atoms with Crippen molar-refractivity contribution in [2.24, 2.45) is 45.9 Å². The average Bonchev–Trinajstić information content (AvgIpc) is 2.73. The quantitative estimate of drug-likeness (QED) is 0.0125. The molecule has 0 bridgehead atoms. The SMILES string of the molecule is CC(NC(=O)[C@@H](NC(=O)C(N)CCCCN)[C@@H](O)CN)C(=O)NCC(=O)N[C@H](CCCN)C(=O)N1CCC[C@H]1C(=O)NC(Cc1cccnc1)C(=O)N[C@@H](CCCCN)C(=O)N/C(=C\CCNC(=N)N)C(=O)N[C@@H](CCCCN)C(=O)NCCCCN. The fourth-order valence-electron chi connectivity index (χ4n) is 9.10. The van der Waals surface area contributed by atoms with Crippen LogP contribution in [0.25, 0.3) is 0 Å². The van der Waals surface area contributed by atoms with Gasteiger partial charge in [-0.1, -0.05) is 18.6 Å². The largest absolute Gasteiger partial charge is 0.389 e. The number of aliphatic hydroxyl groups is 1. The molecule has 0 saturated carbocycles. The Bertz CT molecular complexity index is 2370. The third-order valence-electron chi connectivity index (χ3n) is 14.0. The first-order chi connectivity index (χ1) is 41.7. The van der Waals surface area contributed by atoms with E-state index in [1.165, 1.54) is 30.3 Å². The summed E-state index contributed by atoms with van der Waals surface area (Å²) in [6.45, 7) is 2.27. The fraction of sp³-hybridized carbons (Fsp3) is 0.673. The minimum Gasteiger partial charge on any atom is -0.389 e. The van der Waals surface area contributed by atoms with Crippen LogP contribution in [0.2, 0.25) is 0 Å². The minimum absolute atomic E-state index is 0.0321.